The minimum absolute atomic E-state index is 0. The second-order valence-corrected chi connectivity index (χ2v) is 6.07. The number of fused-ring (bicyclic) bond motifs is 1. The fraction of sp³-hybridized carbons (Fsp3) is 0.333. The van der Waals surface area contributed by atoms with Crippen molar-refractivity contribution < 1.29 is 4.79 Å². The van der Waals surface area contributed by atoms with Crippen LogP contribution in [0.25, 0.3) is 0 Å². The molecule has 0 radical (unpaired) electrons. The molecule has 0 unspecified atom stereocenters. The van der Waals surface area contributed by atoms with E-state index in [0.29, 0.717) is 12.6 Å². The molecule has 23 heavy (non-hydrogen) atoms. The number of amides is 1. The molecule has 0 atom stereocenters. The van der Waals surface area contributed by atoms with Gasteiger partial charge in [-0.1, -0.05) is 0 Å². The van der Waals surface area contributed by atoms with E-state index in [1.165, 1.54) is 11.3 Å². The van der Waals surface area contributed by atoms with Gasteiger partial charge in [0.15, 0.2) is 0 Å². The van der Waals surface area contributed by atoms with Gasteiger partial charge in [-0.05, 0) is 60.7 Å². The molecule has 0 bridgehead atoms. The van der Waals surface area contributed by atoms with E-state index in [1.807, 2.05) is 29.2 Å². The van der Waals surface area contributed by atoms with Gasteiger partial charge in [0.2, 0.25) is 0 Å². The van der Waals surface area contributed by atoms with Gasteiger partial charge in [0, 0.05) is 42.8 Å². The third-order valence-corrected chi connectivity index (χ3v) is 4.41. The van der Waals surface area contributed by atoms with Gasteiger partial charge in [0.25, 0.3) is 5.91 Å². The van der Waals surface area contributed by atoms with E-state index in [1.54, 1.807) is 12.4 Å². The Balaban J connectivity index is 0.00000156. The Hall–Kier alpha value is -2.07. The van der Waals surface area contributed by atoms with Gasteiger partial charge in [-0.25, -0.2) is 0 Å². The standard InChI is InChI=1S/C18H19N3O.ClH/c22-18(15-1-4-17-14(11-15)7-10-20-17)21(16-2-3-16)12-13-5-8-19-9-6-13;/h1,4-6,8-9,11,16,20H,2-3,7,10,12H2;1H. The summed E-state index contributed by atoms with van der Waals surface area (Å²) in [6, 6.07) is 10.4. The molecule has 0 saturated heterocycles. The van der Waals surface area contributed by atoms with Crippen molar-refractivity contribution in [3.05, 3.63) is 59.4 Å². The van der Waals surface area contributed by atoms with Gasteiger partial charge in [0.1, 0.15) is 0 Å². The average Bonchev–Trinajstić information content (AvgIpc) is 3.29. The first-order valence-corrected chi connectivity index (χ1v) is 7.88. The Bertz CT molecular complexity index is 701. The van der Waals surface area contributed by atoms with Gasteiger partial charge in [-0.15, -0.1) is 12.4 Å². The van der Waals surface area contributed by atoms with Crippen LogP contribution in [0.2, 0.25) is 0 Å². The summed E-state index contributed by atoms with van der Waals surface area (Å²) < 4.78 is 0. The van der Waals surface area contributed by atoms with E-state index in [9.17, 15) is 4.79 Å². The van der Waals surface area contributed by atoms with Gasteiger partial charge in [0.05, 0.1) is 0 Å². The lowest BCUT2D eigenvalue weighted by atomic mass is 10.1. The Kier molecular flexibility index (Phi) is 4.53. The molecule has 120 valence electrons. The van der Waals surface area contributed by atoms with Gasteiger partial charge >= 0.3 is 0 Å². The monoisotopic (exact) mass is 329 g/mol. The SMILES string of the molecule is Cl.O=C(c1ccc2c(c1)CCN2)N(Cc1ccncc1)C1CC1. The summed E-state index contributed by atoms with van der Waals surface area (Å²) in [5.41, 5.74) is 4.37. The fourth-order valence-corrected chi connectivity index (χ4v) is 3.04. The topological polar surface area (TPSA) is 45.2 Å². The molecule has 1 aromatic heterocycles. The highest BCUT2D eigenvalue weighted by Gasteiger charge is 2.33. The van der Waals surface area contributed by atoms with Crippen molar-refractivity contribution in [2.24, 2.45) is 0 Å². The summed E-state index contributed by atoms with van der Waals surface area (Å²) in [5, 5.41) is 3.34. The van der Waals surface area contributed by atoms with E-state index < -0.39 is 0 Å². The number of rotatable bonds is 4. The zero-order chi connectivity index (χ0) is 14.9. The Labute approximate surface area is 142 Å². The van der Waals surface area contributed by atoms with Crippen molar-refractivity contribution >= 4 is 24.0 Å². The van der Waals surface area contributed by atoms with Crippen LogP contribution >= 0.6 is 12.4 Å². The molecule has 2 aliphatic rings. The van der Waals surface area contributed by atoms with Gasteiger partial charge < -0.3 is 10.2 Å². The highest BCUT2D eigenvalue weighted by atomic mass is 35.5. The molecule has 4 rings (SSSR count). The number of benzene rings is 1. The summed E-state index contributed by atoms with van der Waals surface area (Å²) in [6.45, 7) is 1.64. The number of aromatic nitrogens is 1. The Morgan fingerprint density at radius 2 is 2.00 bits per heavy atom. The van der Waals surface area contributed by atoms with Crippen molar-refractivity contribution in [2.45, 2.75) is 31.8 Å². The van der Waals surface area contributed by atoms with Crippen molar-refractivity contribution in [3.63, 3.8) is 0 Å². The number of pyridine rings is 1. The zero-order valence-electron chi connectivity index (χ0n) is 12.9. The molecule has 1 aliphatic heterocycles. The van der Waals surface area contributed by atoms with Crippen LogP contribution in [-0.4, -0.2) is 28.4 Å². The lowest BCUT2D eigenvalue weighted by Gasteiger charge is -2.23. The van der Waals surface area contributed by atoms with Crippen LogP contribution < -0.4 is 5.32 Å². The van der Waals surface area contributed by atoms with E-state index >= 15 is 0 Å². The number of hydrogen-bond acceptors (Lipinski definition) is 3. The largest absolute Gasteiger partial charge is 0.384 e. The molecule has 1 saturated carbocycles. The molecule has 5 heteroatoms. The molecule has 4 nitrogen and oxygen atoms in total. The number of anilines is 1. The molecule has 2 aromatic rings. The second kappa shape index (κ2) is 6.59. The quantitative estimate of drug-likeness (QED) is 0.936. The van der Waals surface area contributed by atoms with Crippen LogP contribution in [0.1, 0.15) is 34.3 Å². The predicted octanol–water partition coefficient (Wildman–Crippen LogP) is 3.28. The fourth-order valence-electron chi connectivity index (χ4n) is 3.04. The molecule has 1 aliphatic carbocycles. The number of carbonyl (C=O) groups excluding carboxylic acids is 1. The van der Waals surface area contributed by atoms with E-state index in [4.69, 9.17) is 0 Å². The summed E-state index contributed by atoms with van der Waals surface area (Å²) in [5.74, 6) is 0.147. The predicted molar refractivity (Wildman–Crippen MR) is 93.0 cm³/mol. The third kappa shape index (κ3) is 3.32. The van der Waals surface area contributed by atoms with Crippen molar-refractivity contribution in [1.82, 2.24) is 9.88 Å². The van der Waals surface area contributed by atoms with Crippen molar-refractivity contribution in [2.75, 3.05) is 11.9 Å². The Morgan fingerprint density at radius 1 is 1.22 bits per heavy atom. The molecule has 0 spiro atoms. The third-order valence-electron chi connectivity index (χ3n) is 4.41. The Morgan fingerprint density at radius 3 is 2.74 bits per heavy atom. The summed E-state index contributed by atoms with van der Waals surface area (Å²) >= 11 is 0. The molecule has 1 fully saturated rings. The minimum Gasteiger partial charge on any atom is -0.384 e. The molecule has 2 heterocycles. The number of hydrogen-bond donors (Lipinski definition) is 1. The summed E-state index contributed by atoms with van der Waals surface area (Å²) in [4.78, 5) is 19.0. The smallest absolute Gasteiger partial charge is 0.254 e. The minimum atomic E-state index is 0. The number of carbonyl (C=O) groups is 1. The highest BCUT2D eigenvalue weighted by Crippen LogP contribution is 2.31. The van der Waals surface area contributed by atoms with Gasteiger partial charge in [-0.2, -0.15) is 0 Å². The lowest BCUT2D eigenvalue weighted by molar-refractivity contribution is 0.0730. The maximum absolute atomic E-state index is 12.9. The number of nitrogens with one attached hydrogen (secondary N) is 1. The van der Waals surface area contributed by atoms with Crippen LogP contribution in [0.5, 0.6) is 0 Å². The maximum atomic E-state index is 12.9. The number of halogens is 1. The van der Waals surface area contributed by atoms with Crippen LogP contribution in [0.15, 0.2) is 42.7 Å². The average molecular weight is 330 g/mol. The van der Waals surface area contributed by atoms with Crippen molar-refractivity contribution in [3.8, 4) is 0 Å². The second-order valence-electron chi connectivity index (χ2n) is 6.07. The summed E-state index contributed by atoms with van der Waals surface area (Å²) in [7, 11) is 0. The molecule has 1 amide bonds. The van der Waals surface area contributed by atoms with E-state index in [0.717, 1.165) is 36.9 Å². The first-order valence-electron chi connectivity index (χ1n) is 7.88. The van der Waals surface area contributed by atoms with Crippen LogP contribution in [0.4, 0.5) is 5.69 Å². The first-order chi connectivity index (χ1) is 10.8. The summed E-state index contributed by atoms with van der Waals surface area (Å²) in [6.07, 6.45) is 6.80. The molecule has 1 N–H and O–H groups in total. The van der Waals surface area contributed by atoms with Crippen LogP contribution in [0, 0.1) is 0 Å². The van der Waals surface area contributed by atoms with Crippen LogP contribution in [-0.2, 0) is 13.0 Å². The van der Waals surface area contributed by atoms with Crippen molar-refractivity contribution in [1.29, 1.82) is 0 Å². The molecule has 1 aromatic carbocycles. The van der Waals surface area contributed by atoms with Gasteiger partial charge in [-0.3, -0.25) is 9.78 Å². The molecular weight excluding hydrogens is 310 g/mol. The number of nitrogens with zero attached hydrogens (tertiary/aromatic N) is 2. The van der Waals surface area contributed by atoms with E-state index in [2.05, 4.69) is 16.4 Å². The molecular formula is C18H20ClN3O. The van der Waals surface area contributed by atoms with E-state index in [-0.39, 0.29) is 18.3 Å². The maximum Gasteiger partial charge on any atom is 0.254 e. The first kappa shape index (κ1) is 15.8. The lowest BCUT2D eigenvalue weighted by Crippen LogP contribution is -2.32. The highest BCUT2D eigenvalue weighted by molar-refractivity contribution is 5.95. The normalized spacial score (nSPS) is 15.3. The van der Waals surface area contributed by atoms with Crippen LogP contribution in [0.3, 0.4) is 0 Å². The zero-order valence-corrected chi connectivity index (χ0v) is 13.7.